The van der Waals surface area contributed by atoms with Crippen molar-refractivity contribution in [2.24, 2.45) is 4.99 Å². The number of guanidine groups is 1. The predicted molar refractivity (Wildman–Crippen MR) is 70.0 cm³/mol. The van der Waals surface area contributed by atoms with Gasteiger partial charge in [-0.1, -0.05) is 0 Å². The normalized spacial score (nSPS) is 13.6. The Balaban J connectivity index is 2.30. The molecule has 1 heterocycles. The maximum Gasteiger partial charge on any atom is 0.203 e. The summed E-state index contributed by atoms with van der Waals surface area (Å²) < 4.78 is 15.8. The number of aliphatic imine (C=N–C) groups is 1. The lowest BCUT2D eigenvalue weighted by Gasteiger charge is -2.15. The van der Waals surface area contributed by atoms with Crippen molar-refractivity contribution in [2.75, 3.05) is 39.7 Å². The number of rotatable bonds is 4. The van der Waals surface area contributed by atoms with E-state index in [0.29, 0.717) is 17.2 Å². The van der Waals surface area contributed by atoms with E-state index in [1.807, 2.05) is 12.1 Å². The molecule has 0 radical (unpaired) electrons. The van der Waals surface area contributed by atoms with Crippen LogP contribution in [0.25, 0.3) is 0 Å². The lowest BCUT2D eigenvalue weighted by atomic mass is 10.2. The van der Waals surface area contributed by atoms with E-state index in [1.165, 1.54) is 0 Å². The first-order chi connectivity index (χ1) is 8.78. The second-order valence-corrected chi connectivity index (χ2v) is 3.70. The monoisotopic (exact) mass is 251 g/mol. The molecule has 0 saturated heterocycles. The van der Waals surface area contributed by atoms with E-state index in [-0.39, 0.29) is 0 Å². The molecule has 0 amide bonds. The zero-order valence-corrected chi connectivity index (χ0v) is 10.7. The SMILES string of the molecule is COc1cc(NC2=NCCN2)cc(OC)c1OC. The summed E-state index contributed by atoms with van der Waals surface area (Å²) in [5.74, 6) is 2.55. The van der Waals surface area contributed by atoms with Gasteiger partial charge in [-0.15, -0.1) is 0 Å². The quantitative estimate of drug-likeness (QED) is 0.838. The van der Waals surface area contributed by atoms with E-state index in [2.05, 4.69) is 15.6 Å². The standard InChI is InChI=1S/C12H17N3O3/c1-16-9-6-8(15-12-13-4-5-14-12)7-10(17-2)11(9)18-3/h6-7H,4-5H2,1-3H3,(H2,13,14,15). The van der Waals surface area contributed by atoms with E-state index >= 15 is 0 Å². The molecule has 0 bridgehead atoms. The molecule has 98 valence electrons. The van der Waals surface area contributed by atoms with Crippen LogP contribution in [0, 0.1) is 0 Å². The van der Waals surface area contributed by atoms with E-state index < -0.39 is 0 Å². The van der Waals surface area contributed by atoms with Gasteiger partial charge in [0, 0.05) is 24.4 Å². The Morgan fingerprint density at radius 2 is 1.78 bits per heavy atom. The van der Waals surface area contributed by atoms with Gasteiger partial charge in [0.2, 0.25) is 5.75 Å². The van der Waals surface area contributed by atoms with Gasteiger partial charge < -0.3 is 24.8 Å². The van der Waals surface area contributed by atoms with Gasteiger partial charge in [-0.05, 0) is 0 Å². The molecule has 2 rings (SSSR count). The molecule has 0 fully saturated rings. The largest absolute Gasteiger partial charge is 0.493 e. The topological polar surface area (TPSA) is 64.1 Å². The highest BCUT2D eigenvalue weighted by molar-refractivity contribution is 5.95. The zero-order valence-electron chi connectivity index (χ0n) is 10.7. The van der Waals surface area contributed by atoms with Crippen LogP contribution in [0.15, 0.2) is 17.1 Å². The third-order valence-electron chi connectivity index (χ3n) is 2.60. The molecule has 1 aliphatic rings. The van der Waals surface area contributed by atoms with Gasteiger partial charge in [-0.25, -0.2) is 0 Å². The number of methoxy groups -OCH3 is 3. The zero-order chi connectivity index (χ0) is 13.0. The van der Waals surface area contributed by atoms with Crippen molar-refractivity contribution < 1.29 is 14.2 Å². The summed E-state index contributed by atoms with van der Waals surface area (Å²) in [6, 6.07) is 3.67. The minimum atomic E-state index is 0.576. The van der Waals surface area contributed by atoms with Gasteiger partial charge in [0.05, 0.1) is 27.9 Å². The van der Waals surface area contributed by atoms with Crippen molar-refractivity contribution in [1.82, 2.24) is 5.32 Å². The van der Waals surface area contributed by atoms with Gasteiger partial charge in [-0.3, -0.25) is 4.99 Å². The molecule has 1 aliphatic heterocycles. The molecular formula is C12H17N3O3. The minimum Gasteiger partial charge on any atom is -0.493 e. The predicted octanol–water partition coefficient (Wildman–Crippen LogP) is 1.08. The van der Waals surface area contributed by atoms with Crippen LogP contribution in [0.2, 0.25) is 0 Å². The number of hydrogen-bond acceptors (Lipinski definition) is 6. The Labute approximate surface area is 106 Å². The fraction of sp³-hybridized carbons (Fsp3) is 0.417. The van der Waals surface area contributed by atoms with Crippen molar-refractivity contribution in [3.63, 3.8) is 0 Å². The Morgan fingerprint density at radius 3 is 2.22 bits per heavy atom. The molecule has 0 spiro atoms. The summed E-state index contributed by atoms with van der Waals surface area (Å²) in [6.07, 6.45) is 0. The van der Waals surface area contributed by atoms with E-state index in [9.17, 15) is 0 Å². The van der Waals surface area contributed by atoms with E-state index in [1.54, 1.807) is 21.3 Å². The van der Waals surface area contributed by atoms with Crippen molar-refractivity contribution in [1.29, 1.82) is 0 Å². The summed E-state index contributed by atoms with van der Waals surface area (Å²) in [6.45, 7) is 1.64. The molecule has 1 aromatic carbocycles. The summed E-state index contributed by atoms with van der Waals surface area (Å²) in [5.41, 5.74) is 0.831. The molecule has 0 unspecified atom stereocenters. The molecule has 18 heavy (non-hydrogen) atoms. The van der Waals surface area contributed by atoms with Crippen molar-refractivity contribution in [3.8, 4) is 17.2 Å². The molecule has 1 aromatic rings. The van der Waals surface area contributed by atoms with Crippen molar-refractivity contribution in [3.05, 3.63) is 12.1 Å². The molecule has 0 saturated carbocycles. The lowest BCUT2D eigenvalue weighted by molar-refractivity contribution is 0.324. The lowest BCUT2D eigenvalue weighted by Crippen LogP contribution is -2.26. The number of nitrogens with one attached hydrogen (secondary N) is 2. The third-order valence-corrected chi connectivity index (χ3v) is 2.60. The van der Waals surface area contributed by atoms with Crippen LogP contribution in [0.5, 0.6) is 17.2 Å². The Morgan fingerprint density at radius 1 is 1.11 bits per heavy atom. The van der Waals surface area contributed by atoms with Gasteiger partial charge in [-0.2, -0.15) is 0 Å². The number of nitrogens with zero attached hydrogens (tertiary/aromatic N) is 1. The van der Waals surface area contributed by atoms with Crippen LogP contribution in [-0.4, -0.2) is 40.4 Å². The first-order valence-corrected chi connectivity index (χ1v) is 5.64. The third kappa shape index (κ3) is 2.42. The molecule has 6 heteroatoms. The molecule has 0 aliphatic carbocycles. The first-order valence-electron chi connectivity index (χ1n) is 5.64. The minimum absolute atomic E-state index is 0.576. The Bertz CT molecular complexity index is 435. The number of hydrogen-bond donors (Lipinski definition) is 2. The van der Waals surface area contributed by atoms with Gasteiger partial charge in [0.1, 0.15) is 0 Å². The molecule has 6 nitrogen and oxygen atoms in total. The molecule has 0 aromatic heterocycles. The van der Waals surface area contributed by atoms with Crippen LogP contribution in [0.3, 0.4) is 0 Å². The second kappa shape index (κ2) is 5.48. The summed E-state index contributed by atoms with van der Waals surface area (Å²) >= 11 is 0. The number of benzene rings is 1. The maximum atomic E-state index is 5.28. The Kier molecular flexibility index (Phi) is 3.76. The molecule has 0 atom stereocenters. The Hall–Kier alpha value is -2.11. The number of anilines is 1. The van der Waals surface area contributed by atoms with Gasteiger partial charge in [0.25, 0.3) is 0 Å². The van der Waals surface area contributed by atoms with Crippen LogP contribution in [-0.2, 0) is 0 Å². The summed E-state index contributed by atoms with van der Waals surface area (Å²) in [4.78, 5) is 4.27. The smallest absolute Gasteiger partial charge is 0.203 e. The van der Waals surface area contributed by atoms with E-state index in [0.717, 1.165) is 24.7 Å². The van der Waals surface area contributed by atoms with E-state index in [4.69, 9.17) is 14.2 Å². The van der Waals surface area contributed by atoms with Gasteiger partial charge >= 0.3 is 0 Å². The van der Waals surface area contributed by atoms with Crippen molar-refractivity contribution >= 4 is 11.6 Å². The van der Waals surface area contributed by atoms with Crippen molar-refractivity contribution in [2.45, 2.75) is 0 Å². The fourth-order valence-corrected chi connectivity index (χ4v) is 1.77. The fourth-order valence-electron chi connectivity index (χ4n) is 1.77. The van der Waals surface area contributed by atoms with Crippen LogP contribution in [0.4, 0.5) is 5.69 Å². The van der Waals surface area contributed by atoms with Crippen LogP contribution in [0.1, 0.15) is 0 Å². The molecule has 2 N–H and O–H groups in total. The highest BCUT2D eigenvalue weighted by Gasteiger charge is 2.14. The van der Waals surface area contributed by atoms with Crippen LogP contribution < -0.4 is 24.8 Å². The average Bonchev–Trinajstić information content (AvgIpc) is 2.90. The maximum absolute atomic E-state index is 5.28. The summed E-state index contributed by atoms with van der Waals surface area (Å²) in [7, 11) is 4.76. The average molecular weight is 251 g/mol. The van der Waals surface area contributed by atoms with Gasteiger partial charge in [0.15, 0.2) is 17.5 Å². The number of ether oxygens (including phenoxy) is 3. The summed E-state index contributed by atoms with van der Waals surface area (Å²) in [5, 5.41) is 6.30. The van der Waals surface area contributed by atoms with Crippen LogP contribution >= 0.6 is 0 Å². The molecular weight excluding hydrogens is 234 g/mol. The highest BCUT2D eigenvalue weighted by Crippen LogP contribution is 2.39. The highest BCUT2D eigenvalue weighted by atomic mass is 16.5. The first kappa shape index (κ1) is 12.3. The second-order valence-electron chi connectivity index (χ2n) is 3.70.